The lowest BCUT2D eigenvalue weighted by Gasteiger charge is -2.15. The highest BCUT2D eigenvalue weighted by Crippen LogP contribution is 2.22. The van der Waals surface area contributed by atoms with E-state index in [0.29, 0.717) is 5.92 Å². The Morgan fingerprint density at radius 3 is 3.07 bits per heavy atom. The number of benzene rings is 1. The van der Waals surface area contributed by atoms with Gasteiger partial charge in [-0.1, -0.05) is 35.0 Å². The number of nitrogens with one attached hydrogen (secondary N) is 1. The summed E-state index contributed by atoms with van der Waals surface area (Å²) in [7, 11) is 0. The first-order valence-electron chi connectivity index (χ1n) is 5.33. The molecular formula is C12H16BrNO. The maximum absolute atomic E-state index is 5.87. The van der Waals surface area contributed by atoms with E-state index < -0.39 is 0 Å². The van der Waals surface area contributed by atoms with Crippen molar-refractivity contribution in [1.29, 1.82) is 0 Å². The van der Waals surface area contributed by atoms with E-state index in [2.05, 4.69) is 46.4 Å². The summed E-state index contributed by atoms with van der Waals surface area (Å²) in [5.41, 5.74) is 1.24. The Hall–Kier alpha value is -0.380. The molecule has 2 nitrogen and oxygen atoms in total. The van der Waals surface area contributed by atoms with Crippen LogP contribution in [-0.4, -0.2) is 19.7 Å². The molecule has 0 aromatic heterocycles. The molecule has 82 valence electrons. The lowest BCUT2D eigenvalue weighted by atomic mass is 10.1. The van der Waals surface area contributed by atoms with Gasteiger partial charge in [0, 0.05) is 17.6 Å². The molecule has 2 rings (SSSR count). The van der Waals surface area contributed by atoms with E-state index >= 15 is 0 Å². The van der Waals surface area contributed by atoms with E-state index in [1.54, 1.807) is 0 Å². The van der Waals surface area contributed by atoms with Gasteiger partial charge in [0.2, 0.25) is 0 Å². The summed E-state index contributed by atoms with van der Waals surface area (Å²) in [4.78, 5) is 0. The molecule has 0 spiro atoms. The van der Waals surface area contributed by atoms with Gasteiger partial charge >= 0.3 is 0 Å². The van der Waals surface area contributed by atoms with Crippen LogP contribution < -0.4 is 5.32 Å². The maximum Gasteiger partial charge on any atom is 0.0949 e. The fraction of sp³-hybridized carbons (Fsp3) is 0.500. The van der Waals surface area contributed by atoms with Gasteiger partial charge in [-0.25, -0.2) is 0 Å². The largest absolute Gasteiger partial charge is 0.372 e. The van der Waals surface area contributed by atoms with E-state index in [-0.39, 0.29) is 6.10 Å². The number of hydrogen-bond acceptors (Lipinski definition) is 2. The second kappa shape index (κ2) is 5.10. The van der Waals surface area contributed by atoms with Gasteiger partial charge in [-0.2, -0.15) is 0 Å². The van der Waals surface area contributed by atoms with Crippen LogP contribution in [0.4, 0.5) is 0 Å². The van der Waals surface area contributed by atoms with Crippen molar-refractivity contribution in [1.82, 2.24) is 5.32 Å². The summed E-state index contributed by atoms with van der Waals surface area (Å²) in [5.74, 6) is 0.599. The molecule has 2 atom stereocenters. The summed E-state index contributed by atoms with van der Waals surface area (Å²) in [6.45, 7) is 4.99. The van der Waals surface area contributed by atoms with E-state index in [0.717, 1.165) is 24.2 Å². The average Bonchev–Trinajstić information content (AvgIpc) is 2.43. The van der Waals surface area contributed by atoms with Crippen LogP contribution in [-0.2, 0) is 4.74 Å². The summed E-state index contributed by atoms with van der Waals surface area (Å²) in [5, 5.41) is 3.42. The Morgan fingerprint density at radius 1 is 1.40 bits per heavy atom. The van der Waals surface area contributed by atoms with Gasteiger partial charge in [0.15, 0.2) is 0 Å². The van der Waals surface area contributed by atoms with E-state index in [1.165, 1.54) is 5.56 Å². The topological polar surface area (TPSA) is 21.3 Å². The van der Waals surface area contributed by atoms with Crippen LogP contribution in [0.5, 0.6) is 0 Å². The highest BCUT2D eigenvalue weighted by atomic mass is 79.9. The van der Waals surface area contributed by atoms with Crippen LogP contribution in [0, 0.1) is 5.92 Å². The second-order valence-electron chi connectivity index (χ2n) is 4.14. The SMILES string of the molecule is CC1CNCC(c2cccc(Br)c2)OC1. The molecule has 2 unspecified atom stereocenters. The lowest BCUT2D eigenvalue weighted by Crippen LogP contribution is -2.22. The van der Waals surface area contributed by atoms with Crippen molar-refractivity contribution in [2.24, 2.45) is 5.92 Å². The van der Waals surface area contributed by atoms with Gasteiger partial charge in [0.25, 0.3) is 0 Å². The molecule has 0 amide bonds. The van der Waals surface area contributed by atoms with Gasteiger partial charge in [0.05, 0.1) is 12.7 Å². The smallest absolute Gasteiger partial charge is 0.0949 e. The highest BCUT2D eigenvalue weighted by Gasteiger charge is 2.17. The average molecular weight is 270 g/mol. The zero-order valence-corrected chi connectivity index (χ0v) is 10.5. The molecule has 1 aliphatic heterocycles. The van der Waals surface area contributed by atoms with Crippen LogP contribution in [0.15, 0.2) is 28.7 Å². The molecule has 0 saturated carbocycles. The van der Waals surface area contributed by atoms with Gasteiger partial charge in [-0.3, -0.25) is 0 Å². The second-order valence-corrected chi connectivity index (χ2v) is 5.06. The van der Waals surface area contributed by atoms with Crippen LogP contribution in [0.2, 0.25) is 0 Å². The number of hydrogen-bond donors (Lipinski definition) is 1. The van der Waals surface area contributed by atoms with Crippen molar-refractivity contribution in [3.63, 3.8) is 0 Å². The Morgan fingerprint density at radius 2 is 2.27 bits per heavy atom. The molecule has 1 aliphatic rings. The Labute approximate surface area is 99.1 Å². The van der Waals surface area contributed by atoms with E-state index in [9.17, 15) is 0 Å². The summed E-state index contributed by atoms with van der Waals surface area (Å²) < 4.78 is 6.98. The third-order valence-electron chi connectivity index (χ3n) is 2.62. The summed E-state index contributed by atoms with van der Waals surface area (Å²) >= 11 is 3.48. The quantitative estimate of drug-likeness (QED) is 0.847. The molecule has 1 aromatic carbocycles. The highest BCUT2D eigenvalue weighted by molar-refractivity contribution is 9.10. The zero-order chi connectivity index (χ0) is 10.7. The predicted molar refractivity (Wildman–Crippen MR) is 64.9 cm³/mol. The minimum Gasteiger partial charge on any atom is -0.372 e. The number of rotatable bonds is 1. The molecule has 0 radical (unpaired) electrons. The van der Waals surface area contributed by atoms with Gasteiger partial charge in [-0.05, 0) is 23.6 Å². The first kappa shape index (κ1) is 11.1. The van der Waals surface area contributed by atoms with Crippen LogP contribution in [0.1, 0.15) is 18.6 Å². The molecule has 15 heavy (non-hydrogen) atoms. The van der Waals surface area contributed by atoms with Gasteiger partial charge < -0.3 is 10.1 Å². The molecular weight excluding hydrogens is 254 g/mol. The molecule has 1 saturated heterocycles. The standard InChI is InChI=1S/C12H16BrNO/c1-9-6-14-7-12(15-8-9)10-3-2-4-11(13)5-10/h2-5,9,12,14H,6-8H2,1H3. The molecule has 1 fully saturated rings. The van der Waals surface area contributed by atoms with Crippen molar-refractivity contribution >= 4 is 15.9 Å². The van der Waals surface area contributed by atoms with Crippen molar-refractivity contribution in [3.05, 3.63) is 34.3 Å². The predicted octanol–water partition coefficient (Wildman–Crippen LogP) is 2.75. The van der Waals surface area contributed by atoms with E-state index in [4.69, 9.17) is 4.74 Å². The molecule has 1 aromatic rings. The third kappa shape index (κ3) is 3.03. The van der Waals surface area contributed by atoms with Crippen LogP contribution >= 0.6 is 15.9 Å². The van der Waals surface area contributed by atoms with Crippen molar-refractivity contribution in [2.45, 2.75) is 13.0 Å². The molecule has 0 aliphatic carbocycles. The Bertz CT molecular complexity index is 329. The zero-order valence-electron chi connectivity index (χ0n) is 8.87. The molecule has 1 N–H and O–H groups in total. The molecule has 3 heteroatoms. The minimum absolute atomic E-state index is 0.187. The van der Waals surface area contributed by atoms with Crippen molar-refractivity contribution in [2.75, 3.05) is 19.7 Å². The Balaban J connectivity index is 2.09. The normalized spacial score (nSPS) is 27.3. The number of halogens is 1. The van der Waals surface area contributed by atoms with Crippen LogP contribution in [0.25, 0.3) is 0 Å². The maximum atomic E-state index is 5.87. The summed E-state index contributed by atoms with van der Waals surface area (Å²) in [6, 6.07) is 8.34. The Kier molecular flexibility index (Phi) is 3.78. The summed E-state index contributed by atoms with van der Waals surface area (Å²) in [6.07, 6.45) is 0.187. The van der Waals surface area contributed by atoms with Crippen LogP contribution in [0.3, 0.4) is 0 Å². The fourth-order valence-corrected chi connectivity index (χ4v) is 2.20. The molecule has 0 bridgehead atoms. The minimum atomic E-state index is 0.187. The number of ether oxygens (including phenoxy) is 1. The molecule has 1 heterocycles. The first-order chi connectivity index (χ1) is 7.25. The third-order valence-corrected chi connectivity index (χ3v) is 3.12. The van der Waals surface area contributed by atoms with Crippen molar-refractivity contribution < 1.29 is 4.74 Å². The fourth-order valence-electron chi connectivity index (χ4n) is 1.78. The first-order valence-corrected chi connectivity index (χ1v) is 6.13. The monoisotopic (exact) mass is 269 g/mol. The van der Waals surface area contributed by atoms with Gasteiger partial charge in [-0.15, -0.1) is 0 Å². The van der Waals surface area contributed by atoms with Gasteiger partial charge in [0.1, 0.15) is 0 Å². The lowest BCUT2D eigenvalue weighted by molar-refractivity contribution is 0.0515. The van der Waals surface area contributed by atoms with Crippen molar-refractivity contribution in [3.8, 4) is 0 Å². The van der Waals surface area contributed by atoms with E-state index in [1.807, 2.05) is 6.07 Å².